The van der Waals surface area contributed by atoms with Gasteiger partial charge in [-0.2, -0.15) is 0 Å². The Hall–Kier alpha value is -1.48. The van der Waals surface area contributed by atoms with Crippen molar-refractivity contribution in [1.82, 2.24) is 14.7 Å². The van der Waals surface area contributed by atoms with E-state index in [1.807, 2.05) is 16.0 Å². The molecule has 104 valence electrons. The summed E-state index contributed by atoms with van der Waals surface area (Å²) in [7, 11) is 0. The van der Waals surface area contributed by atoms with Crippen LogP contribution in [0.15, 0.2) is 17.8 Å². The summed E-state index contributed by atoms with van der Waals surface area (Å²) in [5, 5.41) is 31.7. The summed E-state index contributed by atoms with van der Waals surface area (Å²) < 4.78 is 1.81. The Bertz CT molecular complexity index is 524. The number of hydrogen-bond donors (Lipinski definition) is 4. The smallest absolute Gasteiger partial charge is 0.226 e. The van der Waals surface area contributed by atoms with Crippen molar-refractivity contribution in [2.75, 3.05) is 19.8 Å². The molecule has 8 heteroatoms. The first kappa shape index (κ1) is 13.9. The average Bonchev–Trinajstić information content (AvgIpc) is 2.97. The van der Waals surface area contributed by atoms with E-state index in [1.54, 1.807) is 6.20 Å². The molecule has 0 aromatic carbocycles. The van der Waals surface area contributed by atoms with Crippen LogP contribution < -0.4 is 5.32 Å². The first-order chi connectivity index (χ1) is 9.12. The molecule has 2 rings (SSSR count). The van der Waals surface area contributed by atoms with Crippen molar-refractivity contribution >= 4 is 22.2 Å². The molecule has 0 aliphatic heterocycles. The minimum absolute atomic E-state index is 0.0240. The van der Waals surface area contributed by atoms with Gasteiger partial charge in [0.05, 0.1) is 31.9 Å². The number of nitrogens with zero attached hydrogens (tertiary/aromatic N) is 2. The Morgan fingerprint density at radius 3 is 2.63 bits per heavy atom. The third-order valence-corrected chi connectivity index (χ3v) is 3.57. The number of rotatable bonds is 6. The van der Waals surface area contributed by atoms with Gasteiger partial charge in [-0.15, -0.1) is 11.3 Å². The highest BCUT2D eigenvalue weighted by molar-refractivity contribution is 7.15. The van der Waals surface area contributed by atoms with E-state index in [2.05, 4.69) is 10.3 Å². The molecule has 2 aromatic heterocycles. The molecule has 0 spiro atoms. The number of aliphatic hydroxyl groups is 3. The summed E-state index contributed by atoms with van der Waals surface area (Å²) >= 11 is 1.46. The topological polar surface area (TPSA) is 107 Å². The van der Waals surface area contributed by atoms with E-state index in [-0.39, 0.29) is 6.42 Å². The number of imidazole rings is 1. The van der Waals surface area contributed by atoms with E-state index in [0.717, 1.165) is 4.96 Å². The molecule has 0 aliphatic carbocycles. The number of aliphatic hydroxyl groups excluding tert-OH is 3. The van der Waals surface area contributed by atoms with Crippen molar-refractivity contribution in [3.05, 3.63) is 23.5 Å². The molecule has 0 radical (unpaired) electrons. The van der Waals surface area contributed by atoms with E-state index < -0.39 is 31.3 Å². The van der Waals surface area contributed by atoms with Crippen molar-refractivity contribution in [1.29, 1.82) is 0 Å². The third kappa shape index (κ3) is 2.92. The van der Waals surface area contributed by atoms with Crippen LogP contribution in [0.2, 0.25) is 0 Å². The summed E-state index contributed by atoms with van der Waals surface area (Å²) in [4.78, 5) is 16.9. The molecule has 1 amide bonds. The van der Waals surface area contributed by atoms with Gasteiger partial charge in [-0.1, -0.05) is 0 Å². The molecule has 2 heterocycles. The molecule has 19 heavy (non-hydrogen) atoms. The maximum atomic E-state index is 11.8. The van der Waals surface area contributed by atoms with Crippen LogP contribution >= 0.6 is 11.3 Å². The van der Waals surface area contributed by atoms with Crippen LogP contribution in [-0.2, 0) is 11.2 Å². The number of carbonyl (C=O) groups is 1. The van der Waals surface area contributed by atoms with E-state index >= 15 is 0 Å². The molecule has 2 aromatic rings. The predicted octanol–water partition coefficient (Wildman–Crippen LogP) is -1.23. The van der Waals surface area contributed by atoms with Crippen LogP contribution in [-0.4, -0.2) is 56.0 Å². The molecule has 0 saturated carbocycles. The van der Waals surface area contributed by atoms with E-state index in [9.17, 15) is 4.79 Å². The van der Waals surface area contributed by atoms with Crippen LogP contribution in [0.4, 0.5) is 0 Å². The average molecular weight is 285 g/mol. The fourth-order valence-electron chi connectivity index (χ4n) is 1.63. The first-order valence-electron chi connectivity index (χ1n) is 5.67. The van der Waals surface area contributed by atoms with Crippen LogP contribution in [0.25, 0.3) is 4.96 Å². The quantitative estimate of drug-likeness (QED) is 0.532. The highest BCUT2D eigenvalue weighted by Gasteiger charge is 2.30. The number of aromatic nitrogens is 2. The monoisotopic (exact) mass is 285 g/mol. The minimum atomic E-state index is -1.39. The third-order valence-electron chi connectivity index (χ3n) is 2.80. The van der Waals surface area contributed by atoms with Gasteiger partial charge in [0.15, 0.2) is 4.96 Å². The number of thiazole rings is 1. The lowest BCUT2D eigenvalue weighted by Gasteiger charge is -2.28. The van der Waals surface area contributed by atoms with Gasteiger partial charge in [0.2, 0.25) is 5.91 Å². The standard InChI is InChI=1S/C11H15N3O4S/c15-5-11(6-16,7-17)13-9(18)3-8-4-14-1-2-19-10(14)12-8/h1-2,4,15-17H,3,5-7H2,(H,13,18). The van der Waals surface area contributed by atoms with Crippen molar-refractivity contribution in [2.45, 2.75) is 12.0 Å². The van der Waals surface area contributed by atoms with Gasteiger partial charge in [-0.05, 0) is 0 Å². The first-order valence-corrected chi connectivity index (χ1v) is 6.55. The molecule has 0 fully saturated rings. The Kier molecular flexibility index (Phi) is 4.15. The molecule has 0 saturated heterocycles. The zero-order valence-corrected chi connectivity index (χ0v) is 10.9. The van der Waals surface area contributed by atoms with Gasteiger partial charge in [0.1, 0.15) is 5.54 Å². The molecule has 4 N–H and O–H groups in total. The summed E-state index contributed by atoms with van der Waals surface area (Å²) in [5.41, 5.74) is -0.805. The van der Waals surface area contributed by atoms with Gasteiger partial charge in [0, 0.05) is 17.8 Å². The molecule has 0 atom stereocenters. The van der Waals surface area contributed by atoms with E-state index in [4.69, 9.17) is 15.3 Å². The minimum Gasteiger partial charge on any atom is -0.394 e. The predicted molar refractivity (Wildman–Crippen MR) is 68.9 cm³/mol. The molecule has 0 bridgehead atoms. The Morgan fingerprint density at radius 2 is 2.05 bits per heavy atom. The lowest BCUT2D eigenvalue weighted by Crippen LogP contribution is -2.57. The SMILES string of the molecule is O=C(Cc1cn2ccsc2n1)NC(CO)(CO)CO. The highest BCUT2D eigenvalue weighted by atomic mass is 32.1. The Morgan fingerprint density at radius 1 is 1.37 bits per heavy atom. The van der Waals surface area contributed by atoms with E-state index in [1.165, 1.54) is 11.3 Å². The van der Waals surface area contributed by atoms with Gasteiger partial charge >= 0.3 is 0 Å². The second-order valence-electron chi connectivity index (χ2n) is 4.30. The van der Waals surface area contributed by atoms with E-state index in [0.29, 0.717) is 5.69 Å². The number of fused-ring (bicyclic) bond motifs is 1. The van der Waals surface area contributed by atoms with Crippen molar-refractivity contribution in [3.63, 3.8) is 0 Å². The summed E-state index contributed by atoms with van der Waals surface area (Å²) in [6, 6.07) is 0. The molecule has 0 aliphatic rings. The molecule has 7 nitrogen and oxygen atoms in total. The summed E-state index contributed by atoms with van der Waals surface area (Å²) in [5.74, 6) is -0.414. The van der Waals surface area contributed by atoms with Gasteiger partial charge in [-0.25, -0.2) is 4.98 Å². The van der Waals surface area contributed by atoms with Crippen LogP contribution in [0.5, 0.6) is 0 Å². The fraction of sp³-hybridized carbons (Fsp3) is 0.455. The molecular weight excluding hydrogens is 270 g/mol. The summed E-state index contributed by atoms with van der Waals surface area (Å²) in [6.45, 7) is -1.61. The van der Waals surface area contributed by atoms with Crippen molar-refractivity contribution in [2.24, 2.45) is 0 Å². The highest BCUT2D eigenvalue weighted by Crippen LogP contribution is 2.12. The second kappa shape index (κ2) is 5.66. The van der Waals surface area contributed by atoms with Crippen molar-refractivity contribution in [3.8, 4) is 0 Å². The zero-order chi connectivity index (χ0) is 13.9. The lowest BCUT2D eigenvalue weighted by molar-refractivity contribution is -0.124. The summed E-state index contributed by atoms with van der Waals surface area (Å²) in [6.07, 6.45) is 3.61. The molecule has 0 unspecified atom stereocenters. The van der Waals surface area contributed by atoms with Gasteiger partial charge in [-0.3, -0.25) is 9.20 Å². The normalized spacial score (nSPS) is 11.9. The Labute approximate surface area is 113 Å². The Balaban J connectivity index is 2.02. The second-order valence-corrected chi connectivity index (χ2v) is 5.18. The maximum Gasteiger partial charge on any atom is 0.226 e. The lowest BCUT2D eigenvalue weighted by atomic mass is 10.0. The molecular formula is C11H15N3O4S. The zero-order valence-electron chi connectivity index (χ0n) is 10.1. The largest absolute Gasteiger partial charge is 0.394 e. The number of carbonyl (C=O) groups excluding carboxylic acids is 1. The number of hydrogen-bond acceptors (Lipinski definition) is 6. The number of amides is 1. The van der Waals surface area contributed by atoms with Gasteiger partial charge in [0.25, 0.3) is 0 Å². The van der Waals surface area contributed by atoms with Crippen LogP contribution in [0.1, 0.15) is 5.69 Å². The van der Waals surface area contributed by atoms with Crippen LogP contribution in [0.3, 0.4) is 0 Å². The maximum absolute atomic E-state index is 11.8. The van der Waals surface area contributed by atoms with Crippen LogP contribution in [0, 0.1) is 0 Å². The fourth-order valence-corrected chi connectivity index (χ4v) is 2.35. The number of nitrogens with one attached hydrogen (secondary N) is 1. The van der Waals surface area contributed by atoms with Gasteiger partial charge < -0.3 is 20.6 Å². The van der Waals surface area contributed by atoms with Crippen molar-refractivity contribution < 1.29 is 20.1 Å².